The SMILES string of the molecule is C#CC(O[Si](C)(C)C(C)(C)C)c1ccccc1Br. The van der Waals surface area contributed by atoms with E-state index in [1.54, 1.807) is 0 Å². The summed E-state index contributed by atoms with van der Waals surface area (Å²) in [5, 5.41) is 0.156. The topological polar surface area (TPSA) is 9.23 Å². The molecule has 0 aliphatic carbocycles. The second-order valence-electron chi connectivity index (χ2n) is 5.95. The second kappa shape index (κ2) is 5.60. The Bertz CT molecular complexity index is 454. The van der Waals surface area contributed by atoms with Crippen molar-refractivity contribution in [1.82, 2.24) is 0 Å². The lowest BCUT2D eigenvalue weighted by Crippen LogP contribution is -2.41. The summed E-state index contributed by atoms with van der Waals surface area (Å²) >= 11 is 3.54. The first-order valence-corrected chi connectivity index (χ1v) is 9.77. The van der Waals surface area contributed by atoms with Gasteiger partial charge in [0, 0.05) is 10.0 Å². The van der Waals surface area contributed by atoms with E-state index >= 15 is 0 Å². The molecule has 0 aromatic heterocycles. The molecule has 0 saturated heterocycles. The van der Waals surface area contributed by atoms with Gasteiger partial charge in [-0.05, 0) is 24.2 Å². The van der Waals surface area contributed by atoms with Crippen molar-refractivity contribution in [2.75, 3.05) is 0 Å². The first-order valence-electron chi connectivity index (χ1n) is 6.07. The minimum Gasteiger partial charge on any atom is -0.399 e. The van der Waals surface area contributed by atoms with Crippen molar-refractivity contribution in [3.63, 3.8) is 0 Å². The van der Waals surface area contributed by atoms with E-state index in [0.717, 1.165) is 10.0 Å². The Labute approximate surface area is 120 Å². The summed E-state index contributed by atoms with van der Waals surface area (Å²) in [7, 11) is -1.86. The van der Waals surface area contributed by atoms with Crippen LogP contribution in [0.3, 0.4) is 0 Å². The van der Waals surface area contributed by atoms with Crippen LogP contribution in [0.1, 0.15) is 32.4 Å². The lowest BCUT2D eigenvalue weighted by molar-refractivity contribution is 0.237. The Kier molecular flexibility index (Phi) is 4.82. The van der Waals surface area contributed by atoms with Crippen LogP contribution in [0.5, 0.6) is 0 Å². The molecular formula is C15H21BrOSi. The van der Waals surface area contributed by atoms with Gasteiger partial charge in [0.1, 0.15) is 6.10 Å². The van der Waals surface area contributed by atoms with Gasteiger partial charge in [-0.25, -0.2) is 0 Å². The molecule has 3 heteroatoms. The molecule has 1 aromatic rings. The molecule has 1 unspecified atom stereocenters. The van der Waals surface area contributed by atoms with Gasteiger partial charge in [0.25, 0.3) is 0 Å². The van der Waals surface area contributed by atoms with Crippen LogP contribution in [0, 0.1) is 12.3 Å². The number of rotatable bonds is 3. The zero-order chi connectivity index (χ0) is 14.0. The number of hydrogen-bond acceptors (Lipinski definition) is 1. The fourth-order valence-corrected chi connectivity index (χ4v) is 2.98. The molecule has 1 aromatic carbocycles. The van der Waals surface area contributed by atoms with Crippen molar-refractivity contribution in [3.05, 3.63) is 34.3 Å². The average Bonchev–Trinajstić information content (AvgIpc) is 2.25. The van der Waals surface area contributed by atoms with Crippen molar-refractivity contribution in [2.45, 2.75) is 45.0 Å². The number of benzene rings is 1. The van der Waals surface area contributed by atoms with Crippen LogP contribution < -0.4 is 0 Å². The fourth-order valence-electron chi connectivity index (χ4n) is 1.35. The summed E-state index contributed by atoms with van der Waals surface area (Å²) in [6.45, 7) is 11.1. The molecule has 0 aliphatic heterocycles. The highest BCUT2D eigenvalue weighted by molar-refractivity contribution is 9.10. The van der Waals surface area contributed by atoms with Crippen LogP contribution in [-0.4, -0.2) is 8.32 Å². The number of hydrogen-bond donors (Lipinski definition) is 0. The highest BCUT2D eigenvalue weighted by Gasteiger charge is 2.39. The molecule has 0 fully saturated rings. The van der Waals surface area contributed by atoms with E-state index in [1.165, 1.54) is 0 Å². The first-order chi connectivity index (χ1) is 8.19. The predicted molar refractivity (Wildman–Crippen MR) is 84.0 cm³/mol. The summed E-state index contributed by atoms with van der Waals surface area (Å²) in [4.78, 5) is 0. The van der Waals surface area contributed by atoms with E-state index in [4.69, 9.17) is 10.8 Å². The molecule has 0 N–H and O–H groups in total. The molecule has 0 bridgehead atoms. The van der Waals surface area contributed by atoms with Crippen molar-refractivity contribution in [2.24, 2.45) is 0 Å². The molecular weight excluding hydrogens is 304 g/mol. The molecule has 1 nitrogen and oxygen atoms in total. The Morgan fingerprint density at radius 2 is 1.83 bits per heavy atom. The Morgan fingerprint density at radius 3 is 2.28 bits per heavy atom. The quantitative estimate of drug-likeness (QED) is 0.552. The maximum Gasteiger partial charge on any atom is 0.194 e. The molecule has 1 atom stereocenters. The molecule has 0 spiro atoms. The van der Waals surface area contributed by atoms with Gasteiger partial charge in [0.05, 0.1) is 0 Å². The summed E-state index contributed by atoms with van der Waals surface area (Å²) in [5.41, 5.74) is 1.03. The van der Waals surface area contributed by atoms with Gasteiger partial charge < -0.3 is 4.43 Å². The van der Waals surface area contributed by atoms with E-state index in [9.17, 15) is 0 Å². The summed E-state index contributed by atoms with van der Waals surface area (Å²) in [6, 6.07) is 7.98. The predicted octanol–water partition coefficient (Wildman–Crippen LogP) is 5.15. The van der Waals surface area contributed by atoms with Crippen molar-refractivity contribution in [3.8, 4) is 12.3 Å². The van der Waals surface area contributed by atoms with Gasteiger partial charge in [0.2, 0.25) is 0 Å². The van der Waals surface area contributed by atoms with Gasteiger partial charge in [-0.1, -0.05) is 60.8 Å². The summed E-state index contributed by atoms with van der Waals surface area (Å²) < 4.78 is 7.30. The van der Waals surface area contributed by atoms with Crippen molar-refractivity contribution >= 4 is 24.2 Å². The number of terminal acetylenes is 1. The van der Waals surface area contributed by atoms with E-state index < -0.39 is 8.32 Å². The van der Waals surface area contributed by atoms with E-state index in [1.807, 2.05) is 24.3 Å². The molecule has 1 rings (SSSR count). The zero-order valence-electron chi connectivity index (χ0n) is 11.8. The minimum atomic E-state index is -1.86. The Morgan fingerprint density at radius 1 is 1.28 bits per heavy atom. The molecule has 0 heterocycles. The Hall–Kier alpha value is -0.563. The fraction of sp³-hybridized carbons (Fsp3) is 0.467. The maximum atomic E-state index is 6.29. The average molecular weight is 325 g/mol. The van der Waals surface area contributed by atoms with Gasteiger partial charge >= 0.3 is 0 Å². The Balaban J connectivity index is 3.02. The van der Waals surface area contributed by atoms with Gasteiger partial charge in [-0.2, -0.15) is 0 Å². The number of halogens is 1. The molecule has 18 heavy (non-hydrogen) atoms. The molecule has 0 amide bonds. The molecule has 0 aliphatic rings. The van der Waals surface area contributed by atoms with Crippen LogP contribution in [0.15, 0.2) is 28.7 Å². The maximum absolute atomic E-state index is 6.29. The zero-order valence-corrected chi connectivity index (χ0v) is 14.3. The lowest BCUT2D eigenvalue weighted by atomic mass is 10.1. The highest BCUT2D eigenvalue weighted by Crippen LogP contribution is 2.40. The van der Waals surface area contributed by atoms with Gasteiger partial charge in [-0.3, -0.25) is 0 Å². The van der Waals surface area contributed by atoms with E-state index in [2.05, 4.69) is 55.7 Å². The van der Waals surface area contributed by atoms with Crippen LogP contribution in [-0.2, 0) is 4.43 Å². The largest absolute Gasteiger partial charge is 0.399 e. The third-order valence-electron chi connectivity index (χ3n) is 3.56. The van der Waals surface area contributed by atoms with Crippen molar-refractivity contribution < 1.29 is 4.43 Å². The summed E-state index contributed by atoms with van der Waals surface area (Å²) in [5.74, 6) is 2.77. The van der Waals surface area contributed by atoms with Crippen LogP contribution >= 0.6 is 15.9 Å². The lowest BCUT2D eigenvalue weighted by Gasteiger charge is -2.38. The molecule has 0 radical (unpaired) electrons. The highest BCUT2D eigenvalue weighted by atomic mass is 79.9. The monoisotopic (exact) mass is 324 g/mol. The van der Waals surface area contributed by atoms with Gasteiger partial charge in [-0.15, -0.1) is 6.42 Å². The normalized spacial score (nSPS) is 14.1. The third-order valence-corrected chi connectivity index (χ3v) is 8.72. The van der Waals surface area contributed by atoms with Crippen LogP contribution in [0.4, 0.5) is 0 Å². The molecule has 0 saturated carbocycles. The van der Waals surface area contributed by atoms with E-state index in [-0.39, 0.29) is 11.1 Å². The van der Waals surface area contributed by atoms with Gasteiger partial charge in [0.15, 0.2) is 8.32 Å². The third kappa shape index (κ3) is 3.47. The smallest absolute Gasteiger partial charge is 0.194 e. The van der Waals surface area contributed by atoms with E-state index in [0.29, 0.717) is 0 Å². The first kappa shape index (κ1) is 15.5. The van der Waals surface area contributed by atoms with Crippen LogP contribution in [0.2, 0.25) is 18.1 Å². The van der Waals surface area contributed by atoms with Crippen LogP contribution in [0.25, 0.3) is 0 Å². The minimum absolute atomic E-state index is 0.156. The second-order valence-corrected chi connectivity index (χ2v) is 11.6. The molecule has 98 valence electrons. The summed E-state index contributed by atoms with van der Waals surface area (Å²) in [6.07, 6.45) is 5.37. The van der Waals surface area contributed by atoms with Crippen molar-refractivity contribution in [1.29, 1.82) is 0 Å². The standard InChI is InChI=1S/C15H21BrOSi/c1-7-14(12-10-8-9-11-13(12)16)17-18(5,6)15(2,3)4/h1,8-11,14H,2-6H3.